The summed E-state index contributed by atoms with van der Waals surface area (Å²) in [7, 11) is 0. The Balaban J connectivity index is 1.71. The van der Waals surface area contributed by atoms with Gasteiger partial charge in [-0.2, -0.15) is 4.98 Å². The number of nitrogens with zero attached hydrogens (tertiary/aromatic N) is 4. The summed E-state index contributed by atoms with van der Waals surface area (Å²) in [5.74, 6) is 0.482. The van der Waals surface area contributed by atoms with E-state index >= 15 is 0 Å². The van der Waals surface area contributed by atoms with E-state index in [4.69, 9.17) is 14.2 Å². The summed E-state index contributed by atoms with van der Waals surface area (Å²) in [5, 5.41) is 11.9. The van der Waals surface area contributed by atoms with Crippen LogP contribution in [0.2, 0.25) is 0 Å². The van der Waals surface area contributed by atoms with Crippen LogP contribution in [0.4, 0.5) is 16.3 Å². The zero-order chi connectivity index (χ0) is 23.8. The van der Waals surface area contributed by atoms with Crippen molar-refractivity contribution >= 4 is 23.4 Å². The quantitative estimate of drug-likeness (QED) is 0.310. The molecular formula is C22H26N4O7. The molecule has 1 fully saturated rings. The SMILES string of the molecule is CCOC(=O)OC1CCN(c2ncnc(Oc3ccc(CCC(C)=O)cc3)c2[N+](=O)[O-])CC1. The summed E-state index contributed by atoms with van der Waals surface area (Å²) < 4.78 is 15.7. The lowest BCUT2D eigenvalue weighted by Gasteiger charge is -2.31. The van der Waals surface area contributed by atoms with Crippen molar-refractivity contribution in [3.63, 3.8) is 0 Å². The second-order valence-corrected chi connectivity index (χ2v) is 7.54. The van der Waals surface area contributed by atoms with Crippen molar-refractivity contribution < 1.29 is 28.7 Å². The number of carbonyl (C=O) groups excluding carboxylic acids is 2. The van der Waals surface area contributed by atoms with Crippen LogP contribution in [-0.4, -0.2) is 52.6 Å². The molecule has 11 heteroatoms. The predicted molar refractivity (Wildman–Crippen MR) is 118 cm³/mol. The minimum atomic E-state index is -0.716. The van der Waals surface area contributed by atoms with Gasteiger partial charge in [0, 0.05) is 32.4 Å². The maximum atomic E-state index is 11.9. The highest BCUT2D eigenvalue weighted by molar-refractivity contribution is 5.75. The summed E-state index contributed by atoms with van der Waals surface area (Å²) >= 11 is 0. The number of hydrogen-bond donors (Lipinski definition) is 0. The van der Waals surface area contributed by atoms with Gasteiger partial charge in [-0.05, 0) is 38.0 Å². The number of aromatic nitrogens is 2. The van der Waals surface area contributed by atoms with Gasteiger partial charge in [-0.1, -0.05) is 12.1 Å². The molecule has 0 aliphatic carbocycles. The Hall–Kier alpha value is -3.76. The fourth-order valence-electron chi connectivity index (χ4n) is 3.45. The van der Waals surface area contributed by atoms with Crippen LogP contribution in [0.15, 0.2) is 30.6 Å². The maximum Gasteiger partial charge on any atom is 0.508 e. The van der Waals surface area contributed by atoms with E-state index in [-0.39, 0.29) is 35.9 Å². The highest BCUT2D eigenvalue weighted by Crippen LogP contribution is 2.37. The molecule has 0 N–H and O–H groups in total. The minimum Gasteiger partial charge on any atom is -0.435 e. The molecule has 33 heavy (non-hydrogen) atoms. The molecule has 0 unspecified atom stereocenters. The third kappa shape index (κ3) is 6.61. The number of piperidine rings is 1. The van der Waals surface area contributed by atoms with Crippen LogP contribution in [0.5, 0.6) is 11.6 Å². The fraction of sp³-hybridized carbons (Fsp3) is 0.455. The van der Waals surface area contributed by atoms with Crippen molar-refractivity contribution in [3.8, 4) is 11.6 Å². The van der Waals surface area contributed by atoms with E-state index in [2.05, 4.69) is 9.97 Å². The van der Waals surface area contributed by atoms with Crippen molar-refractivity contribution in [1.29, 1.82) is 0 Å². The second kappa shape index (κ2) is 11.2. The van der Waals surface area contributed by atoms with Gasteiger partial charge in [0.15, 0.2) is 0 Å². The minimum absolute atomic E-state index is 0.107. The van der Waals surface area contributed by atoms with Gasteiger partial charge in [0.2, 0.25) is 5.82 Å². The lowest BCUT2D eigenvalue weighted by Crippen LogP contribution is -2.38. The number of anilines is 1. The first-order valence-electron chi connectivity index (χ1n) is 10.7. The average molecular weight is 458 g/mol. The Morgan fingerprint density at radius 1 is 1.18 bits per heavy atom. The standard InChI is InChI=1S/C22H26N4O7/c1-3-31-22(28)33-18-10-12-25(13-11-18)20-19(26(29)30)21(24-14-23-20)32-17-8-6-16(7-9-17)5-4-15(2)27/h6-9,14,18H,3-5,10-13H2,1-2H3. The van der Waals surface area contributed by atoms with Crippen molar-refractivity contribution in [1.82, 2.24) is 9.97 Å². The number of aryl methyl sites for hydroxylation is 1. The predicted octanol–water partition coefficient (Wildman–Crippen LogP) is 3.84. The molecule has 0 radical (unpaired) electrons. The van der Waals surface area contributed by atoms with Gasteiger partial charge in [-0.25, -0.2) is 9.78 Å². The number of Topliss-reactive ketones (excluding diaryl/α,β-unsaturated/α-hetero) is 1. The molecule has 0 bridgehead atoms. The molecule has 2 heterocycles. The largest absolute Gasteiger partial charge is 0.508 e. The van der Waals surface area contributed by atoms with E-state index in [0.29, 0.717) is 44.5 Å². The fourth-order valence-corrected chi connectivity index (χ4v) is 3.45. The van der Waals surface area contributed by atoms with E-state index in [1.165, 1.54) is 6.33 Å². The van der Waals surface area contributed by atoms with E-state index in [1.54, 1.807) is 43.0 Å². The van der Waals surface area contributed by atoms with Crippen molar-refractivity contribution in [2.24, 2.45) is 0 Å². The van der Waals surface area contributed by atoms with E-state index in [1.807, 2.05) is 0 Å². The van der Waals surface area contributed by atoms with Gasteiger partial charge in [0.25, 0.3) is 0 Å². The molecule has 176 valence electrons. The Kier molecular flexibility index (Phi) is 8.11. The summed E-state index contributed by atoms with van der Waals surface area (Å²) in [4.78, 5) is 43.8. The number of hydrogen-bond acceptors (Lipinski definition) is 10. The van der Waals surface area contributed by atoms with Crippen LogP contribution in [0, 0.1) is 10.1 Å². The van der Waals surface area contributed by atoms with Crippen LogP contribution in [0.25, 0.3) is 0 Å². The number of benzene rings is 1. The number of ether oxygens (including phenoxy) is 3. The van der Waals surface area contributed by atoms with Gasteiger partial charge in [0.1, 0.15) is 24.0 Å². The lowest BCUT2D eigenvalue weighted by molar-refractivity contribution is -0.385. The summed E-state index contributed by atoms with van der Waals surface area (Å²) in [6.45, 7) is 4.28. The first kappa shape index (κ1) is 23.9. The zero-order valence-electron chi connectivity index (χ0n) is 18.6. The summed E-state index contributed by atoms with van der Waals surface area (Å²) in [6, 6.07) is 6.97. The molecule has 3 rings (SSSR count). The lowest BCUT2D eigenvalue weighted by atomic mass is 10.1. The molecule has 1 aromatic heterocycles. The second-order valence-electron chi connectivity index (χ2n) is 7.54. The highest BCUT2D eigenvalue weighted by atomic mass is 16.7. The highest BCUT2D eigenvalue weighted by Gasteiger charge is 2.32. The Morgan fingerprint density at radius 3 is 2.48 bits per heavy atom. The first-order chi connectivity index (χ1) is 15.9. The van der Waals surface area contributed by atoms with Crippen LogP contribution in [0.1, 0.15) is 38.7 Å². The summed E-state index contributed by atoms with van der Waals surface area (Å²) in [6.07, 6.45) is 2.21. The van der Waals surface area contributed by atoms with Crippen LogP contribution in [0.3, 0.4) is 0 Å². The third-order valence-corrected chi connectivity index (χ3v) is 5.12. The molecule has 1 saturated heterocycles. The molecule has 1 aromatic carbocycles. The molecule has 11 nitrogen and oxygen atoms in total. The van der Waals surface area contributed by atoms with Gasteiger partial charge < -0.3 is 23.9 Å². The zero-order valence-corrected chi connectivity index (χ0v) is 18.6. The summed E-state index contributed by atoms with van der Waals surface area (Å²) in [5.41, 5.74) is 0.631. The number of carbonyl (C=O) groups is 2. The van der Waals surface area contributed by atoms with Crippen molar-refractivity contribution in [2.75, 3.05) is 24.6 Å². The van der Waals surface area contributed by atoms with Crippen molar-refractivity contribution in [3.05, 3.63) is 46.3 Å². The Morgan fingerprint density at radius 2 is 1.88 bits per heavy atom. The van der Waals surface area contributed by atoms with Gasteiger partial charge in [-0.15, -0.1) is 0 Å². The molecule has 1 aliphatic heterocycles. The van der Waals surface area contributed by atoms with Gasteiger partial charge in [0.05, 0.1) is 11.5 Å². The van der Waals surface area contributed by atoms with Gasteiger partial charge in [-0.3, -0.25) is 10.1 Å². The Labute approximate surface area is 190 Å². The molecule has 1 aliphatic rings. The molecule has 0 amide bonds. The van der Waals surface area contributed by atoms with Crippen LogP contribution in [-0.2, 0) is 20.7 Å². The van der Waals surface area contributed by atoms with Crippen molar-refractivity contribution in [2.45, 2.75) is 45.6 Å². The monoisotopic (exact) mass is 458 g/mol. The van der Waals surface area contributed by atoms with E-state index in [9.17, 15) is 19.7 Å². The van der Waals surface area contributed by atoms with Crippen LogP contribution >= 0.6 is 0 Å². The number of nitro groups is 1. The average Bonchev–Trinajstić information content (AvgIpc) is 2.79. The molecule has 0 saturated carbocycles. The smallest absolute Gasteiger partial charge is 0.435 e. The van der Waals surface area contributed by atoms with Crippen LogP contribution < -0.4 is 9.64 Å². The van der Waals surface area contributed by atoms with Gasteiger partial charge >= 0.3 is 17.7 Å². The van der Waals surface area contributed by atoms with E-state index < -0.39 is 11.1 Å². The molecule has 0 spiro atoms. The molecule has 0 atom stereocenters. The topological polar surface area (TPSA) is 134 Å². The maximum absolute atomic E-state index is 11.9. The Bertz CT molecular complexity index is 989. The number of ketones is 1. The molecular weight excluding hydrogens is 432 g/mol. The normalized spacial score (nSPS) is 13.9. The third-order valence-electron chi connectivity index (χ3n) is 5.12. The first-order valence-corrected chi connectivity index (χ1v) is 10.7. The van der Waals surface area contributed by atoms with E-state index in [0.717, 1.165) is 5.56 Å². The number of rotatable bonds is 9. The molecule has 2 aromatic rings.